The van der Waals surface area contributed by atoms with Crippen LogP contribution in [0, 0.1) is 4.77 Å². The number of aliphatic hydroxyl groups excluding tert-OH is 1. The summed E-state index contributed by atoms with van der Waals surface area (Å²) >= 11 is 5.52. The van der Waals surface area contributed by atoms with Crippen molar-refractivity contribution in [2.75, 3.05) is 13.7 Å². The van der Waals surface area contributed by atoms with Gasteiger partial charge in [0.1, 0.15) is 12.6 Å². The Kier molecular flexibility index (Phi) is 6.35. The van der Waals surface area contributed by atoms with Crippen molar-refractivity contribution in [3.8, 4) is 5.69 Å². The summed E-state index contributed by atoms with van der Waals surface area (Å²) in [6.07, 6.45) is 3.23. The molecule has 1 aliphatic heterocycles. The molecule has 9 heteroatoms. The largest absolute Gasteiger partial charge is 0.465 e. The van der Waals surface area contributed by atoms with E-state index in [9.17, 15) is 9.90 Å². The monoisotopic (exact) mass is 392 g/mol. The van der Waals surface area contributed by atoms with E-state index in [0.29, 0.717) is 24.4 Å². The Morgan fingerprint density at radius 2 is 2.11 bits per heavy atom. The van der Waals surface area contributed by atoms with Gasteiger partial charge in [0.15, 0.2) is 12.7 Å². The van der Waals surface area contributed by atoms with Crippen molar-refractivity contribution in [3.63, 3.8) is 0 Å². The summed E-state index contributed by atoms with van der Waals surface area (Å²) < 4.78 is 8.50. The Balaban J connectivity index is 1.75. The van der Waals surface area contributed by atoms with Crippen LogP contribution in [-0.4, -0.2) is 56.7 Å². The van der Waals surface area contributed by atoms with E-state index in [-0.39, 0.29) is 5.97 Å². The molecule has 1 aromatic carbocycles. The first-order chi connectivity index (χ1) is 13.0. The first-order valence-corrected chi connectivity index (χ1v) is 9.67. The van der Waals surface area contributed by atoms with Gasteiger partial charge in [-0.15, -0.1) is 0 Å². The lowest BCUT2D eigenvalue weighted by molar-refractivity contribution is -0.928. The molecule has 1 aromatic heterocycles. The van der Waals surface area contributed by atoms with Crippen LogP contribution in [0.3, 0.4) is 0 Å². The highest BCUT2D eigenvalue weighted by molar-refractivity contribution is 7.71. The predicted molar refractivity (Wildman–Crippen MR) is 101 cm³/mol. The minimum atomic E-state index is -0.538. The van der Waals surface area contributed by atoms with Crippen LogP contribution in [-0.2, 0) is 22.6 Å². The first-order valence-electron chi connectivity index (χ1n) is 9.26. The molecular weight excluding hydrogens is 366 g/mol. The van der Waals surface area contributed by atoms with Crippen LogP contribution in [0.15, 0.2) is 24.3 Å². The Morgan fingerprint density at radius 3 is 2.78 bits per heavy atom. The Hall–Kier alpha value is -2.10. The number of likely N-dealkylation sites (tertiary alicyclic amines) is 1. The summed E-state index contributed by atoms with van der Waals surface area (Å²) in [7, 11) is 1.36. The summed E-state index contributed by atoms with van der Waals surface area (Å²) in [5.74, 6) is -0.330. The summed E-state index contributed by atoms with van der Waals surface area (Å²) in [5.41, 5.74) is 2.14. The molecule has 1 fully saturated rings. The van der Waals surface area contributed by atoms with Crippen LogP contribution < -0.4 is 4.90 Å². The molecule has 0 spiro atoms. The number of carbonyl (C=O) groups excluding carboxylic acids is 1. The number of nitrogens with zero attached hydrogens (tertiary/aromatic N) is 4. The van der Waals surface area contributed by atoms with E-state index in [2.05, 4.69) is 29.5 Å². The molecule has 2 N–H and O–H groups in total. The van der Waals surface area contributed by atoms with E-state index in [0.717, 1.165) is 17.0 Å². The molecule has 0 radical (unpaired) electrons. The van der Waals surface area contributed by atoms with E-state index < -0.39 is 12.1 Å². The standard InChI is InChI=1S/C18H25N5O3S/c1-3-4-5-13-6-8-14(9-7-13)23-18(27)22(19-20-23)12-21-11-15(24)10-16(21)17(25)26-2/h6-9,15-16,24H,3-5,10-12H2,1-2H3/p+1/t15-,16-/m0/s1. The van der Waals surface area contributed by atoms with Crippen molar-refractivity contribution in [3.05, 3.63) is 34.6 Å². The number of methoxy groups -OCH3 is 1. The number of esters is 1. The fourth-order valence-corrected chi connectivity index (χ4v) is 3.70. The molecule has 8 nitrogen and oxygen atoms in total. The molecular formula is C18H26N5O3S+. The lowest BCUT2D eigenvalue weighted by Crippen LogP contribution is -3.14. The van der Waals surface area contributed by atoms with Gasteiger partial charge in [0.25, 0.3) is 0 Å². The second-order valence-corrected chi connectivity index (χ2v) is 7.29. The lowest BCUT2D eigenvalue weighted by atomic mass is 10.1. The van der Waals surface area contributed by atoms with Gasteiger partial charge in [-0.2, -0.15) is 9.36 Å². The van der Waals surface area contributed by atoms with Gasteiger partial charge in [-0.05, 0) is 53.2 Å². The molecule has 0 bridgehead atoms. The van der Waals surface area contributed by atoms with E-state index in [1.807, 2.05) is 12.1 Å². The molecule has 0 aliphatic carbocycles. The zero-order valence-corrected chi connectivity index (χ0v) is 16.5. The average Bonchev–Trinajstić information content (AvgIpc) is 3.23. The number of hydrogen-bond acceptors (Lipinski definition) is 6. The number of hydrogen-bond donors (Lipinski definition) is 2. The second kappa shape index (κ2) is 8.73. The SMILES string of the molecule is CCCCc1ccc(-n2nnn(C[NH+]3C[C@@H](O)C[C@H]3C(=O)OC)c2=S)cc1. The van der Waals surface area contributed by atoms with Crippen LogP contribution in [0.25, 0.3) is 5.69 Å². The van der Waals surface area contributed by atoms with E-state index >= 15 is 0 Å². The van der Waals surface area contributed by atoms with Gasteiger partial charge >= 0.3 is 5.97 Å². The summed E-state index contributed by atoms with van der Waals surface area (Å²) in [4.78, 5) is 12.8. The number of aromatic nitrogens is 4. The molecule has 3 atom stereocenters. The third-order valence-corrected chi connectivity index (χ3v) is 5.36. The summed E-state index contributed by atoms with van der Waals surface area (Å²) in [6, 6.07) is 7.73. The molecule has 2 heterocycles. The zero-order valence-electron chi connectivity index (χ0n) is 15.7. The smallest absolute Gasteiger partial charge is 0.364 e. The van der Waals surface area contributed by atoms with Crippen molar-refractivity contribution in [1.82, 2.24) is 19.8 Å². The molecule has 146 valence electrons. The number of aryl methyl sites for hydroxylation is 1. The normalized spacial score (nSPS) is 22.1. The van der Waals surface area contributed by atoms with Crippen LogP contribution in [0.1, 0.15) is 31.7 Å². The van der Waals surface area contributed by atoms with Gasteiger partial charge in [-0.3, -0.25) is 0 Å². The molecule has 0 saturated carbocycles. The Labute approximate surface area is 163 Å². The van der Waals surface area contributed by atoms with Crippen LogP contribution >= 0.6 is 12.2 Å². The fourth-order valence-electron chi connectivity index (χ4n) is 3.46. The molecule has 2 aromatic rings. The van der Waals surface area contributed by atoms with Gasteiger partial charge in [0.05, 0.1) is 12.8 Å². The van der Waals surface area contributed by atoms with E-state index in [1.165, 1.54) is 25.5 Å². The molecule has 0 amide bonds. The first kappa shape index (κ1) is 19.7. The number of aliphatic hydroxyl groups is 1. The third kappa shape index (κ3) is 4.42. The van der Waals surface area contributed by atoms with Gasteiger partial charge in [-0.1, -0.05) is 25.5 Å². The summed E-state index contributed by atoms with van der Waals surface area (Å²) in [6.45, 7) is 2.98. The number of rotatable bonds is 7. The molecule has 27 heavy (non-hydrogen) atoms. The lowest BCUT2D eigenvalue weighted by Gasteiger charge is -2.18. The maximum Gasteiger partial charge on any atom is 0.364 e. The fraction of sp³-hybridized carbons (Fsp3) is 0.556. The number of unbranched alkanes of at least 4 members (excludes halogenated alkanes) is 1. The Morgan fingerprint density at radius 1 is 1.37 bits per heavy atom. The highest BCUT2D eigenvalue weighted by Crippen LogP contribution is 2.11. The molecule has 1 unspecified atom stereocenters. The number of quaternary nitrogens is 1. The minimum Gasteiger partial charge on any atom is -0.465 e. The topological polar surface area (TPSA) is 86.6 Å². The quantitative estimate of drug-likeness (QED) is 0.520. The van der Waals surface area contributed by atoms with E-state index in [1.54, 1.807) is 9.36 Å². The van der Waals surface area contributed by atoms with Crippen molar-refractivity contribution in [1.29, 1.82) is 0 Å². The van der Waals surface area contributed by atoms with Crippen LogP contribution in [0.2, 0.25) is 0 Å². The number of nitrogens with one attached hydrogen (secondary N) is 1. The van der Waals surface area contributed by atoms with Gasteiger partial charge in [0.2, 0.25) is 4.77 Å². The number of benzene rings is 1. The highest BCUT2D eigenvalue weighted by atomic mass is 32.1. The van der Waals surface area contributed by atoms with Crippen molar-refractivity contribution < 1.29 is 19.5 Å². The van der Waals surface area contributed by atoms with Gasteiger partial charge in [0, 0.05) is 6.42 Å². The van der Waals surface area contributed by atoms with Crippen LogP contribution in [0.5, 0.6) is 0 Å². The predicted octanol–water partition coefficient (Wildman–Crippen LogP) is 0.289. The number of carbonyl (C=O) groups is 1. The van der Waals surface area contributed by atoms with Crippen molar-refractivity contribution in [2.24, 2.45) is 0 Å². The number of tetrazole rings is 1. The third-order valence-electron chi connectivity index (χ3n) is 4.98. The highest BCUT2D eigenvalue weighted by Gasteiger charge is 2.41. The summed E-state index contributed by atoms with van der Waals surface area (Å²) in [5, 5.41) is 18.2. The molecule has 1 aliphatic rings. The molecule has 1 saturated heterocycles. The van der Waals surface area contributed by atoms with Gasteiger partial charge in [-0.25, -0.2) is 4.79 Å². The van der Waals surface area contributed by atoms with Crippen molar-refractivity contribution >= 4 is 18.2 Å². The average molecular weight is 393 g/mol. The molecule has 3 rings (SSSR count). The maximum atomic E-state index is 11.9. The van der Waals surface area contributed by atoms with E-state index in [4.69, 9.17) is 17.0 Å². The maximum absolute atomic E-state index is 11.9. The minimum absolute atomic E-state index is 0.330. The van der Waals surface area contributed by atoms with Gasteiger partial charge < -0.3 is 14.7 Å². The van der Waals surface area contributed by atoms with Crippen LogP contribution in [0.4, 0.5) is 0 Å². The number of ether oxygens (including phenoxy) is 1. The van der Waals surface area contributed by atoms with Crippen molar-refractivity contribution in [2.45, 2.75) is 51.4 Å². The zero-order chi connectivity index (χ0) is 19.4. The second-order valence-electron chi connectivity index (χ2n) is 6.93. The Bertz CT molecular complexity index is 832.